The lowest BCUT2D eigenvalue weighted by Crippen LogP contribution is -2.10. The van der Waals surface area contributed by atoms with E-state index in [9.17, 15) is 9.59 Å². The Morgan fingerprint density at radius 2 is 1.41 bits per heavy atom. The first-order valence-corrected chi connectivity index (χ1v) is 12.8. The highest BCUT2D eigenvalue weighted by Crippen LogP contribution is 2.37. The van der Waals surface area contributed by atoms with E-state index in [2.05, 4.69) is 9.97 Å². The summed E-state index contributed by atoms with van der Waals surface area (Å²) in [6.07, 6.45) is 0.394. The Hall–Kier alpha value is -4.53. The number of carbonyl (C=O) groups is 2. The first kappa shape index (κ1) is 27.5. The molecule has 0 bridgehead atoms. The summed E-state index contributed by atoms with van der Waals surface area (Å²) < 4.78 is 21.1. The Morgan fingerprint density at radius 1 is 0.821 bits per heavy atom. The molecule has 0 atom stereocenters. The van der Waals surface area contributed by atoms with Crippen molar-refractivity contribution in [3.05, 3.63) is 65.5 Å². The third-order valence-corrected chi connectivity index (χ3v) is 6.34. The van der Waals surface area contributed by atoms with Crippen molar-refractivity contribution in [1.82, 2.24) is 15.0 Å². The number of benzene rings is 2. The third kappa shape index (κ3) is 5.98. The summed E-state index contributed by atoms with van der Waals surface area (Å²) in [4.78, 5) is 36.7. The Kier molecular flexibility index (Phi) is 8.70. The van der Waals surface area contributed by atoms with Crippen LogP contribution in [0.2, 0.25) is 0 Å². The quantitative estimate of drug-likeness (QED) is 0.237. The molecule has 0 saturated heterocycles. The van der Waals surface area contributed by atoms with Crippen LogP contribution < -0.4 is 9.47 Å². The molecule has 0 amide bonds. The number of aryl methyl sites for hydroxylation is 1. The molecule has 4 aromatic rings. The molecule has 0 aliphatic heterocycles. The molecule has 2 heterocycles. The van der Waals surface area contributed by atoms with Crippen molar-refractivity contribution in [2.45, 2.75) is 33.6 Å². The second-order valence-electron chi connectivity index (χ2n) is 8.77. The molecular weight excluding hydrogens is 498 g/mol. The van der Waals surface area contributed by atoms with E-state index < -0.39 is 5.97 Å². The van der Waals surface area contributed by atoms with Crippen molar-refractivity contribution in [3.8, 4) is 45.4 Å². The summed E-state index contributed by atoms with van der Waals surface area (Å²) in [6, 6.07) is 15.3. The van der Waals surface area contributed by atoms with E-state index >= 15 is 0 Å². The minimum atomic E-state index is -0.483. The number of aromatic nitrogens is 3. The second-order valence-corrected chi connectivity index (χ2v) is 8.77. The number of methoxy groups -OCH3 is 2. The number of carbonyl (C=O) groups excluding carboxylic acids is 2. The zero-order chi connectivity index (χ0) is 27.9. The van der Waals surface area contributed by atoms with Crippen molar-refractivity contribution in [3.63, 3.8) is 0 Å². The maximum absolute atomic E-state index is 12.8. The van der Waals surface area contributed by atoms with Gasteiger partial charge in [-0.2, -0.15) is 0 Å². The molecule has 0 spiro atoms. The van der Waals surface area contributed by atoms with Gasteiger partial charge in [0.15, 0.2) is 0 Å². The van der Waals surface area contributed by atoms with Crippen LogP contribution in [0.25, 0.3) is 33.9 Å². The zero-order valence-electron chi connectivity index (χ0n) is 22.8. The van der Waals surface area contributed by atoms with Gasteiger partial charge in [-0.25, -0.2) is 9.78 Å². The highest BCUT2D eigenvalue weighted by molar-refractivity contribution is 5.93. The molecular formula is C30H33N3O6. The molecule has 0 aliphatic carbocycles. The normalized spacial score (nSPS) is 10.8. The number of hydrogen-bond acceptors (Lipinski definition) is 7. The summed E-state index contributed by atoms with van der Waals surface area (Å²) in [5.41, 5.74) is 5.73. The fourth-order valence-corrected chi connectivity index (χ4v) is 4.50. The van der Waals surface area contributed by atoms with Gasteiger partial charge >= 0.3 is 11.9 Å². The van der Waals surface area contributed by atoms with Crippen molar-refractivity contribution in [1.29, 1.82) is 0 Å². The predicted molar refractivity (Wildman–Crippen MR) is 148 cm³/mol. The van der Waals surface area contributed by atoms with Gasteiger partial charge < -0.3 is 28.9 Å². The molecule has 0 unspecified atom stereocenters. The smallest absolute Gasteiger partial charge is 0.355 e. The highest BCUT2D eigenvalue weighted by Gasteiger charge is 2.26. The fraction of sp³-hybridized carbons (Fsp3) is 0.300. The van der Waals surface area contributed by atoms with Gasteiger partial charge in [0.1, 0.15) is 23.0 Å². The maximum Gasteiger partial charge on any atom is 0.355 e. The van der Waals surface area contributed by atoms with Crippen LogP contribution in [0.5, 0.6) is 11.5 Å². The number of ether oxygens (including phenoxy) is 4. The Bertz CT molecular complexity index is 1370. The molecule has 9 nitrogen and oxygen atoms in total. The van der Waals surface area contributed by atoms with Crippen LogP contribution in [-0.2, 0) is 20.7 Å². The number of rotatable bonds is 11. The summed E-state index contributed by atoms with van der Waals surface area (Å²) in [6.45, 7) is 5.90. The molecule has 0 fully saturated rings. The SMILES string of the molecule is CCOC(=O)CCc1c(C(=O)OCC)[nH]c(C)c1-c1nc(-c2ccc(OC)cc2)c(-c2ccc(OC)cc2)[nH]1. The molecule has 9 heteroatoms. The Labute approximate surface area is 227 Å². The summed E-state index contributed by atoms with van der Waals surface area (Å²) in [5.74, 6) is 1.22. The van der Waals surface area contributed by atoms with Crippen LogP contribution in [-0.4, -0.2) is 54.3 Å². The molecule has 2 aromatic carbocycles. The monoisotopic (exact) mass is 531 g/mol. The molecule has 0 aliphatic rings. The lowest BCUT2D eigenvalue weighted by atomic mass is 10.0. The molecule has 204 valence electrons. The van der Waals surface area contributed by atoms with Crippen LogP contribution in [0.1, 0.15) is 42.0 Å². The predicted octanol–water partition coefficient (Wildman–Crippen LogP) is 5.74. The van der Waals surface area contributed by atoms with E-state index in [1.54, 1.807) is 28.1 Å². The third-order valence-electron chi connectivity index (χ3n) is 6.34. The number of imidazole rings is 1. The highest BCUT2D eigenvalue weighted by atomic mass is 16.5. The van der Waals surface area contributed by atoms with Gasteiger partial charge in [-0.3, -0.25) is 4.79 Å². The second kappa shape index (κ2) is 12.3. The van der Waals surface area contributed by atoms with E-state index in [1.807, 2.05) is 55.5 Å². The lowest BCUT2D eigenvalue weighted by Gasteiger charge is -2.07. The molecule has 39 heavy (non-hydrogen) atoms. The number of esters is 2. The Balaban J connectivity index is 1.87. The number of nitrogens with one attached hydrogen (secondary N) is 2. The van der Waals surface area contributed by atoms with Crippen molar-refractivity contribution < 1.29 is 28.5 Å². The van der Waals surface area contributed by atoms with Gasteiger partial charge in [-0.05, 0) is 81.3 Å². The fourth-order valence-electron chi connectivity index (χ4n) is 4.50. The maximum atomic E-state index is 12.8. The molecule has 4 rings (SSSR count). The van der Waals surface area contributed by atoms with Gasteiger partial charge in [-0.15, -0.1) is 0 Å². The van der Waals surface area contributed by atoms with E-state index in [1.165, 1.54) is 0 Å². The average molecular weight is 532 g/mol. The number of hydrogen-bond donors (Lipinski definition) is 2. The van der Waals surface area contributed by atoms with Gasteiger partial charge in [0.05, 0.1) is 38.8 Å². The van der Waals surface area contributed by atoms with Gasteiger partial charge in [-0.1, -0.05) is 0 Å². The van der Waals surface area contributed by atoms with E-state index in [0.717, 1.165) is 45.3 Å². The van der Waals surface area contributed by atoms with Crippen molar-refractivity contribution in [2.75, 3.05) is 27.4 Å². The number of aromatic amines is 2. The van der Waals surface area contributed by atoms with E-state index in [-0.39, 0.29) is 32.0 Å². The topological polar surface area (TPSA) is 116 Å². The molecule has 0 saturated carbocycles. The van der Waals surface area contributed by atoms with Crippen LogP contribution in [0.15, 0.2) is 48.5 Å². The van der Waals surface area contributed by atoms with Crippen LogP contribution in [0, 0.1) is 6.92 Å². The number of nitrogens with zero attached hydrogens (tertiary/aromatic N) is 1. The van der Waals surface area contributed by atoms with E-state index in [4.69, 9.17) is 23.9 Å². The number of H-pyrrole nitrogens is 2. The summed E-state index contributed by atoms with van der Waals surface area (Å²) in [5, 5.41) is 0. The van der Waals surface area contributed by atoms with Gasteiger partial charge in [0, 0.05) is 28.8 Å². The average Bonchev–Trinajstić information content (AvgIpc) is 3.53. The molecule has 0 radical (unpaired) electrons. The standard InChI is InChI=1S/C30H33N3O6/c1-6-38-24(34)17-16-23-25(18(3)31-28(23)30(35)39-7-2)29-32-26(19-8-12-21(36-4)13-9-19)27(33-29)20-10-14-22(37-5)15-11-20/h8-15,31H,6-7,16-17H2,1-5H3,(H,32,33). The Morgan fingerprint density at radius 3 is 1.97 bits per heavy atom. The van der Waals surface area contributed by atoms with Gasteiger partial charge in [0.2, 0.25) is 0 Å². The minimum Gasteiger partial charge on any atom is -0.497 e. The van der Waals surface area contributed by atoms with Crippen LogP contribution >= 0.6 is 0 Å². The van der Waals surface area contributed by atoms with Gasteiger partial charge in [0.25, 0.3) is 0 Å². The summed E-state index contributed by atoms with van der Waals surface area (Å²) in [7, 11) is 3.25. The van der Waals surface area contributed by atoms with Crippen molar-refractivity contribution >= 4 is 11.9 Å². The van der Waals surface area contributed by atoms with Crippen LogP contribution in [0.3, 0.4) is 0 Å². The first-order valence-electron chi connectivity index (χ1n) is 12.8. The molecule has 2 aromatic heterocycles. The molecule has 2 N–H and O–H groups in total. The van der Waals surface area contributed by atoms with Crippen molar-refractivity contribution in [2.24, 2.45) is 0 Å². The minimum absolute atomic E-state index is 0.113. The zero-order valence-corrected chi connectivity index (χ0v) is 22.8. The largest absolute Gasteiger partial charge is 0.497 e. The van der Waals surface area contributed by atoms with Crippen LogP contribution in [0.4, 0.5) is 0 Å². The lowest BCUT2D eigenvalue weighted by molar-refractivity contribution is -0.143. The van der Waals surface area contributed by atoms with E-state index in [0.29, 0.717) is 17.1 Å². The first-order chi connectivity index (χ1) is 18.9. The summed E-state index contributed by atoms with van der Waals surface area (Å²) >= 11 is 0.